The first-order valence-corrected chi connectivity index (χ1v) is 5.96. The average molecular weight is 177 g/mol. The normalized spacial score (nSPS) is 21.7. The maximum atomic E-state index is 10.9. The van der Waals surface area contributed by atoms with Crippen molar-refractivity contribution in [1.29, 1.82) is 0 Å². The Balaban J connectivity index is 0.000000461. The highest BCUT2D eigenvalue weighted by molar-refractivity contribution is 7.84. The minimum absolute atomic E-state index is 0.464. The zero-order chi connectivity index (χ0) is 8.69. The van der Waals surface area contributed by atoms with Crippen molar-refractivity contribution in [3.8, 4) is 0 Å². The lowest BCUT2D eigenvalue weighted by Crippen LogP contribution is -2.32. The molecule has 0 radical (unpaired) electrons. The molecule has 1 aliphatic heterocycles. The Morgan fingerprint density at radius 1 is 1.27 bits per heavy atom. The Bertz CT molecular complexity index is 111. The minimum Gasteiger partial charge on any atom is -0.317 e. The van der Waals surface area contributed by atoms with Crippen molar-refractivity contribution in [2.24, 2.45) is 0 Å². The van der Waals surface area contributed by atoms with Gasteiger partial charge in [-0.2, -0.15) is 0 Å². The van der Waals surface area contributed by atoms with Crippen molar-refractivity contribution in [3.63, 3.8) is 0 Å². The predicted octanol–water partition coefficient (Wildman–Crippen LogP) is 1.14. The zero-order valence-corrected chi connectivity index (χ0v) is 8.54. The fourth-order valence-corrected chi connectivity index (χ4v) is 2.03. The molecule has 1 atom stereocenters. The van der Waals surface area contributed by atoms with E-state index in [4.69, 9.17) is 0 Å². The highest BCUT2D eigenvalue weighted by Gasteiger charge is 2.15. The Morgan fingerprint density at radius 2 is 1.73 bits per heavy atom. The van der Waals surface area contributed by atoms with Crippen LogP contribution in [-0.2, 0) is 10.8 Å². The van der Waals surface area contributed by atoms with E-state index in [0.29, 0.717) is 5.25 Å². The van der Waals surface area contributed by atoms with Gasteiger partial charge < -0.3 is 5.32 Å². The Morgan fingerprint density at radius 3 is 2.00 bits per heavy atom. The largest absolute Gasteiger partial charge is 0.317 e. The molecule has 1 rings (SSSR count). The number of piperidine rings is 1. The molecule has 0 spiro atoms. The van der Waals surface area contributed by atoms with Gasteiger partial charge in [0.05, 0.1) is 0 Å². The van der Waals surface area contributed by atoms with Crippen molar-refractivity contribution in [2.45, 2.75) is 31.9 Å². The van der Waals surface area contributed by atoms with Crippen LogP contribution >= 0.6 is 0 Å². The first kappa shape index (κ1) is 11.1. The second-order valence-corrected chi connectivity index (χ2v) is 4.11. The van der Waals surface area contributed by atoms with E-state index < -0.39 is 10.8 Å². The monoisotopic (exact) mass is 177 g/mol. The van der Waals surface area contributed by atoms with E-state index in [1.54, 1.807) is 6.26 Å². The van der Waals surface area contributed by atoms with Gasteiger partial charge in [-0.05, 0) is 25.9 Å². The number of hydrogen-bond acceptors (Lipinski definition) is 2. The minimum atomic E-state index is -0.592. The van der Waals surface area contributed by atoms with Crippen LogP contribution in [0.3, 0.4) is 0 Å². The lowest BCUT2D eigenvalue weighted by atomic mass is 10.2. The van der Waals surface area contributed by atoms with Crippen LogP contribution < -0.4 is 5.32 Å². The summed E-state index contributed by atoms with van der Waals surface area (Å²) in [6.45, 7) is 6.09. The first-order valence-electron chi connectivity index (χ1n) is 4.33. The fourth-order valence-electron chi connectivity index (χ4n) is 1.13. The van der Waals surface area contributed by atoms with E-state index in [1.165, 1.54) is 0 Å². The molecule has 0 aromatic heterocycles. The molecule has 0 aromatic carbocycles. The summed E-state index contributed by atoms with van der Waals surface area (Å²) < 4.78 is 10.9. The van der Waals surface area contributed by atoms with Crippen molar-refractivity contribution in [3.05, 3.63) is 0 Å². The van der Waals surface area contributed by atoms with Gasteiger partial charge in [0.25, 0.3) is 0 Å². The maximum absolute atomic E-state index is 10.9. The first-order chi connectivity index (χ1) is 5.30. The Labute approximate surface area is 72.2 Å². The summed E-state index contributed by atoms with van der Waals surface area (Å²) in [4.78, 5) is 0. The zero-order valence-electron chi connectivity index (χ0n) is 7.72. The lowest BCUT2D eigenvalue weighted by molar-refractivity contribution is 0.521. The molecule has 2 nitrogen and oxygen atoms in total. The van der Waals surface area contributed by atoms with Crippen LogP contribution in [0.4, 0.5) is 0 Å². The highest BCUT2D eigenvalue weighted by atomic mass is 32.2. The van der Waals surface area contributed by atoms with E-state index in [9.17, 15) is 4.21 Å². The van der Waals surface area contributed by atoms with E-state index in [1.807, 2.05) is 13.8 Å². The van der Waals surface area contributed by atoms with Crippen LogP contribution in [0.5, 0.6) is 0 Å². The van der Waals surface area contributed by atoms with E-state index >= 15 is 0 Å². The summed E-state index contributed by atoms with van der Waals surface area (Å²) in [5, 5.41) is 3.70. The van der Waals surface area contributed by atoms with Crippen LogP contribution in [-0.4, -0.2) is 28.8 Å². The third-order valence-corrected chi connectivity index (χ3v) is 3.17. The van der Waals surface area contributed by atoms with Gasteiger partial charge in [0, 0.05) is 22.3 Å². The summed E-state index contributed by atoms with van der Waals surface area (Å²) in [6.07, 6.45) is 3.97. The lowest BCUT2D eigenvalue weighted by Gasteiger charge is -2.19. The molecule has 1 fully saturated rings. The number of nitrogens with one attached hydrogen (secondary N) is 1. The van der Waals surface area contributed by atoms with Crippen LogP contribution in [0.25, 0.3) is 0 Å². The summed E-state index contributed by atoms with van der Waals surface area (Å²) in [5.41, 5.74) is 0. The number of hydrogen-bond donors (Lipinski definition) is 1. The van der Waals surface area contributed by atoms with E-state index in [2.05, 4.69) is 5.32 Å². The fraction of sp³-hybridized carbons (Fsp3) is 1.00. The molecule has 1 saturated heterocycles. The molecule has 1 unspecified atom stereocenters. The summed E-state index contributed by atoms with van der Waals surface area (Å²) in [7, 11) is -0.592. The molecule has 0 bridgehead atoms. The number of rotatable bonds is 1. The highest BCUT2D eigenvalue weighted by Crippen LogP contribution is 2.07. The van der Waals surface area contributed by atoms with Gasteiger partial charge in [-0.15, -0.1) is 0 Å². The van der Waals surface area contributed by atoms with Gasteiger partial charge in [-0.1, -0.05) is 13.8 Å². The SMILES string of the molecule is CC.CS(=O)C1CCNCC1. The maximum Gasteiger partial charge on any atom is 0.0369 e. The van der Waals surface area contributed by atoms with Gasteiger partial charge in [0.2, 0.25) is 0 Å². The third-order valence-electron chi connectivity index (χ3n) is 1.76. The molecule has 11 heavy (non-hydrogen) atoms. The van der Waals surface area contributed by atoms with E-state index in [0.717, 1.165) is 25.9 Å². The van der Waals surface area contributed by atoms with Gasteiger partial charge in [-0.25, -0.2) is 0 Å². The molecule has 1 heterocycles. The summed E-state index contributed by atoms with van der Waals surface area (Å²) in [5.74, 6) is 0. The molecule has 1 N–H and O–H groups in total. The molecule has 3 heteroatoms. The third kappa shape index (κ3) is 4.53. The molecule has 1 aliphatic rings. The van der Waals surface area contributed by atoms with Crippen molar-refractivity contribution in [2.75, 3.05) is 19.3 Å². The van der Waals surface area contributed by atoms with Crippen molar-refractivity contribution >= 4 is 10.8 Å². The Hall–Kier alpha value is 0.110. The van der Waals surface area contributed by atoms with Crippen LogP contribution in [0, 0.1) is 0 Å². The quantitative estimate of drug-likeness (QED) is 0.651. The Kier molecular flexibility index (Phi) is 6.87. The second kappa shape index (κ2) is 6.80. The van der Waals surface area contributed by atoms with Gasteiger partial charge in [0.15, 0.2) is 0 Å². The summed E-state index contributed by atoms with van der Waals surface area (Å²) in [6, 6.07) is 0. The standard InChI is InChI=1S/C6H13NOS.C2H6/c1-9(8)6-2-4-7-5-3-6;1-2/h6-7H,2-5H2,1H3;1-2H3. The van der Waals surface area contributed by atoms with Crippen LogP contribution in [0.1, 0.15) is 26.7 Å². The molecule has 0 saturated carbocycles. The molecule has 68 valence electrons. The average Bonchev–Trinajstić information content (AvgIpc) is 2.10. The molecular formula is C8H19NOS. The molecule has 0 aliphatic carbocycles. The van der Waals surface area contributed by atoms with Crippen molar-refractivity contribution < 1.29 is 4.21 Å². The molecular weight excluding hydrogens is 158 g/mol. The van der Waals surface area contributed by atoms with Gasteiger partial charge in [-0.3, -0.25) is 4.21 Å². The van der Waals surface area contributed by atoms with Gasteiger partial charge in [0.1, 0.15) is 0 Å². The smallest absolute Gasteiger partial charge is 0.0369 e. The molecule has 0 aromatic rings. The van der Waals surface area contributed by atoms with E-state index in [-0.39, 0.29) is 0 Å². The van der Waals surface area contributed by atoms with Crippen LogP contribution in [0.2, 0.25) is 0 Å². The van der Waals surface area contributed by atoms with Gasteiger partial charge >= 0.3 is 0 Å². The summed E-state index contributed by atoms with van der Waals surface area (Å²) >= 11 is 0. The second-order valence-electron chi connectivity index (χ2n) is 2.45. The van der Waals surface area contributed by atoms with Crippen LogP contribution in [0.15, 0.2) is 0 Å². The predicted molar refractivity (Wildman–Crippen MR) is 51.3 cm³/mol. The molecule has 0 amide bonds. The topological polar surface area (TPSA) is 29.1 Å². The van der Waals surface area contributed by atoms with Crippen molar-refractivity contribution in [1.82, 2.24) is 5.32 Å².